The van der Waals surface area contributed by atoms with E-state index in [4.69, 9.17) is 9.16 Å². The van der Waals surface area contributed by atoms with Crippen LogP contribution in [0.5, 0.6) is 0 Å². The lowest BCUT2D eigenvalue weighted by molar-refractivity contribution is -0.171. The first-order chi connectivity index (χ1) is 12.4. The van der Waals surface area contributed by atoms with Gasteiger partial charge in [-0.15, -0.1) is 0 Å². The van der Waals surface area contributed by atoms with Gasteiger partial charge in [0.25, 0.3) is 0 Å². The molecule has 0 heterocycles. The number of carboxylic acid groups (broad SMARTS) is 1. The van der Waals surface area contributed by atoms with Crippen molar-refractivity contribution in [3.63, 3.8) is 0 Å². The summed E-state index contributed by atoms with van der Waals surface area (Å²) >= 11 is 0. The van der Waals surface area contributed by atoms with E-state index in [0.717, 1.165) is 23.2 Å². The predicted molar refractivity (Wildman–Crippen MR) is 106 cm³/mol. The molecule has 0 aliphatic rings. The standard InChI is InChI=1S/C21H28O4Si/c1-21(2,3)15-10-16-24-20(19(22)23)25-26(17-11-6-4-7-12-17)18-13-8-5-9-14-18/h4-9,11-14,20,26H,10,15-16H2,1-3H3,(H,22,23). The summed E-state index contributed by atoms with van der Waals surface area (Å²) in [6.45, 7) is 6.85. The molecule has 1 atom stereocenters. The number of ether oxygens (including phenoxy) is 1. The van der Waals surface area contributed by atoms with Gasteiger partial charge in [-0.05, 0) is 28.6 Å². The van der Waals surface area contributed by atoms with Crippen molar-refractivity contribution in [1.82, 2.24) is 0 Å². The van der Waals surface area contributed by atoms with Gasteiger partial charge < -0.3 is 14.3 Å². The molecule has 0 aliphatic carbocycles. The molecule has 5 heteroatoms. The maximum Gasteiger partial charge on any atom is 0.360 e. The summed E-state index contributed by atoms with van der Waals surface area (Å²) in [5, 5.41) is 11.6. The van der Waals surface area contributed by atoms with Gasteiger partial charge in [0, 0.05) is 0 Å². The number of benzene rings is 2. The SMILES string of the molecule is CC(C)(C)CCCOC(O[SiH](c1ccccc1)c1ccccc1)C(=O)O. The van der Waals surface area contributed by atoms with Crippen molar-refractivity contribution in [2.45, 2.75) is 39.9 Å². The Morgan fingerprint density at radius 1 is 1.00 bits per heavy atom. The number of hydrogen-bond acceptors (Lipinski definition) is 3. The molecule has 2 rings (SSSR count). The van der Waals surface area contributed by atoms with Gasteiger partial charge in [0.1, 0.15) is 0 Å². The third-order valence-electron chi connectivity index (χ3n) is 4.01. The van der Waals surface area contributed by atoms with Crippen LogP contribution in [-0.4, -0.2) is 33.0 Å². The summed E-state index contributed by atoms with van der Waals surface area (Å²) in [6.07, 6.45) is 0.531. The Bertz CT molecular complexity index is 628. The Labute approximate surface area is 157 Å². The van der Waals surface area contributed by atoms with Crippen LogP contribution in [0.15, 0.2) is 60.7 Å². The van der Waals surface area contributed by atoms with Crippen LogP contribution in [0.3, 0.4) is 0 Å². The van der Waals surface area contributed by atoms with Crippen molar-refractivity contribution in [2.24, 2.45) is 5.41 Å². The van der Waals surface area contributed by atoms with Crippen LogP contribution >= 0.6 is 0 Å². The largest absolute Gasteiger partial charge is 0.478 e. The molecule has 2 aromatic carbocycles. The first-order valence-corrected chi connectivity index (χ1v) is 10.6. The summed E-state index contributed by atoms with van der Waals surface area (Å²) in [5.74, 6) is -1.08. The first kappa shape index (κ1) is 20.4. The molecular formula is C21H28O4Si. The van der Waals surface area contributed by atoms with Crippen LogP contribution in [0.1, 0.15) is 33.6 Å². The molecule has 140 valence electrons. The highest BCUT2D eigenvalue weighted by molar-refractivity contribution is 6.80. The predicted octanol–water partition coefficient (Wildman–Crippen LogP) is 2.79. The van der Waals surface area contributed by atoms with Crippen LogP contribution in [0.2, 0.25) is 0 Å². The lowest BCUT2D eigenvalue weighted by Gasteiger charge is -2.23. The monoisotopic (exact) mass is 372 g/mol. The molecule has 1 N–H and O–H groups in total. The molecule has 0 aliphatic heterocycles. The Balaban J connectivity index is 2.10. The fourth-order valence-electron chi connectivity index (χ4n) is 2.69. The van der Waals surface area contributed by atoms with E-state index in [9.17, 15) is 9.90 Å². The topological polar surface area (TPSA) is 55.8 Å². The third-order valence-corrected chi connectivity index (χ3v) is 6.51. The Morgan fingerprint density at radius 2 is 1.50 bits per heavy atom. The second-order valence-corrected chi connectivity index (χ2v) is 9.91. The van der Waals surface area contributed by atoms with Gasteiger partial charge in [-0.25, -0.2) is 4.79 Å². The average Bonchev–Trinajstić information content (AvgIpc) is 2.61. The van der Waals surface area contributed by atoms with E-state index < -0.39 is 21.3 Å². The van der Waals surface area contributed by atoms with E-state index in [1.807, 2.05) is 60.7 Å². The van der Waals surface area contributed by atoms with E-state index in [-0.39, 0.29) is 5.41 Å². The van der Waals surface area contributed by atoms with Crippen LogP contribution in [0, 0.1) is 5.41 Å². The van der Waals surface area contributed by atoms with Crippen molar-refractivity contribution in [3.05, 3.63) is 60.7 Å². The lowest BCUT2D eigenvalue weighted by Crippen LogP contribution is -2.49. The number of carboxylic acids is 1. The molecule has 0 fully saturated rings. The molecule has 0 spiro atoms. The molecule has 0 saturated heterocycles. The minimum absolute atomic E-state index is 0.203. The zero-order chi connectivity index (χ0) is 19.0. The van der Waals surface area contributed by atoms with E-state index >= 15 is 0 Å². The first-order valence-electron chi connectivity index (χ1n) is 8.96. The van der Waals surface area contributed by atoms with E-state index in [1.165, 1.54) is 0 Å². The molecular weight excluding hydrogens is 344 g/mol. The molecule has 2 aromatic rings. The highest BCUT2D eigenvalue weighted by Crippen LogP contribution is 2.20. The van der Waals surface area contributed by atoms with Gasteiger partial charge in [0.2, 0.25) is 15.3 Å². The minimum atomic E-state index is -2.16. The van der Waals surface area contributed by atoms with Crippen LogP contribution in [0.25, 0.3) is 0 Å². The maximum absolute atomic E-state index is 11.7. The molecule has 0 saturated carbocycles. The van der Waals surface area contributed by atoms with Gasteiger partial charge in [0.15, 0.2) is 0 Å². The van der Waals surface area contributed by atoms with Crippen LogP contribution < -0.4 is 10.4 Å². The minimum Gasteiger partial charge on any atom is -0.478 e. The second kappa shape index (κ2) is 9.66. The van der Waals surface area contributed by atoms with Gasteiger partial charge >= 0.3 is 5.97 Å². The van der Waals surface area contributed by atoms with Crippen molar-refractivity contribution >= 4 is 25.4 Å². The quantitative estimate of drug-likeness (QED) is 0.418. The Kier molecular flexibility index (Phi) is 7.57. The number of aliphatic carboxylic acids is 1. The second-order valence-electron chi connectivity index (χ2n) is 7.54. The Hall–Kier alpha value is -1.95. The fraction of sp³-hybridized carbons (Fsp3) is 0.381. The molecule has 4 nitrogen and oxygen atoms in total. The summed E-state index contributed by atoms with van der Waals surface area (Å²) in [4.78, 5) is 11.7. The molecule has 1 unspecified atom stereocenters. The van der Waals surface area contributed by atoms with Gasteiger partial charge in [-0.3, -0.25) is 0 Å². The molecule has 0 bridgehead atoms. The van der Waals surface area contributed by atoms with Crippen LogP contribution in [-0.2, 0) is 14.0 Å². The molecule has 0 radical (unpaired) electrons. The van der Waals surface area contributed by atoms with Crippen molar-refractivity contribution in [1.29, 1.82) is 0 Å². The summed E-state index contributed by atoms with van der Waals surface area (Å²) in [5.41, 5.74) is 0.203. The van der Waals surface area contributed by atoms with E-state index in [2.05, 4.69) is 20.8 Å². The van der Waals surface area contributed by atoms with E-state index in [1.54, 1.807) is 0 Å². The van der Waals surface area contributed by atoms with Crippen molar-refractivity contribution in [2.75, 3.05) is 6.61 Å². The average molecular weight is 373 g/mol. The summed E-state index contributed by atoms with van der Waals surface area (Å²) < 4.78 is 11.6. The van der Waals surface area contributed by atoms with Gasteiger partial charge in [0.05, 0.1) is 6.61 Å². The van der Waals surface area contributed by atoms with Gasteiger partial charge in [-0.1, -0.05) is 81.4 Å². The smallest absolute Gasteiger partial charge is 0.360 e. The van der Waals surface area contributed by atoms with E-state index in [0.29, 0.717) is 6.61 Å². The maximum atomic E-state index is 11.7. The highest BCUT2D eigenvalue weighted by Gasteiger charge is 2.27. The lowest BCUT2D eigenvalue weighted by atomic mass is 9.91. The van der Waals surface area contributed by atoms with Crippen molar-refractivity contribution in [3.8, 4) is 0 Å². The Morgan fingerprint density at radius 3 is 1.92 bits per heavy atom. The zero-order valence-electron chi connectivity index (χ0n) is 15.7. The molecule has 0 amide bonds. The molecule has 0 aromatic heterocycles. The van der Waals surface area contributed by atoms with Crippen LogP contribution in [0.4, 0.5) is 0 Å². The third kappa shape index (κ3) is 6.75. The summed E-state index contributed by atoms with van der Waals surface area (Å²) in [6, 6.07) is 19.6. The number of hydrogen-bond donors (Lipinski definition) is 1. The highest BCUT2D eigenvalue weighted by atomic mass is 28.3. The van der Waals surface area contributed by atoms with Gasteiger partial charge in [-0.2, -0.15) is 0 Å². The van der Waals surface area contributed by atoms with Crippen molar-refractivity contribution < 1.29 is 19.1 Å². The number of rotatable bonds is 9. The molecule has 26 heavy (non-hydrogen) atoms. The normalized spacial score (nSPS) is 12.9. The fourth-order valence-corrected chi connectivity index (χ4v) is 4.98. The zero-order valence-corrected chi connectivity index (χ0v) is 16.9. The summed E-state index contributed by atoms with van der Waals surface area (Å²) in [7, 11) is -2.16. The number of carbonyl (C=O) groups is 1.